The molecule has 1 saturated carbocycles. The fraction of sp³-hybridized carbons (Fsp3) is 0.769. The van der Waals surface area contributed by atoms with Crippen LogP contribution in [-0.2, 0) is 4.79 Å². The second-order valence-electron chi connectivity index (χ2n) is 6.20. The summed E-state index contributed by atoms with van der Waals surface area (Å²) in [5.41, 5.74) is 2.67. The van der Waals surface area contributed by atoms with E-state index in [9.17, 15) is 4.79 Å². The molecule has 0 aromatic rings. The molecule has 1 heterocycles. The van der Waals surface area contributed by atoms with E-state index in [4.69, 9.17) is 0 Å². The number of carbonyl (C=O) groups excluding carboxylic acids is 1. The molecule has 0 radical (unpaired) electrons. The van der Waals surface area contributed by atoms with Gasteiger partial charge in [-0.25, -0.2) is 0 Å². The molecule has 2 nitrogen and oxygen atoms in total. The Bertz CT molecular complexity index is 445. The highest BCUT2D eigenvalue weighted by Gasteiger charge is 2.95. The van der Waals surface area contributed by atoms with Crippen molar-refractivity contribution in [2.24, 2.45) is 16.2 Å². The van der Waals surface area contributed by atoms with Crippen molar-refractivity contribution in [3.63, 3.8) is 0 Å². The van der Waals surface area contributed by atoms with Gasteiger partial charge in [0.15, 0.2) is 0 Å². The molecular formula is C13H19NO. The van der Waals surface area contributed by atoms with E-state index in [1.165, 1.54) is 11.1 Å². The number of hydrogen-bond acceptors (Lipinski definition) is 1. The molecule has 0 aromatic heterocycles. The van der Waals surface area contributed by atoms with Gasteiger partial charge in [0.1, 0.15) is 0 Å². The van der Waals surface area contributed by atoms with E-state index in [2.05, 4.69) is 46.9 Å². The minimum atomic E-state index is -0.182. The van der Waals surface area contributed by atoms with Crippen LogP contribution in [0.5, 0.6) is 0 Å². The molecule has 1 saturated heterocycles. The predicted molar refractivity (Wildman–Crippen MR) is 59.2 cm³/mol. The van der Waals surface area contributed by atoms with Gasteiger partial charge in [0.2, 0.25) is 5.91 Å². The lowest BCUT2D eigenvalue weighted by molar-refractivity contribution is -0.125. The SMILES string of the molecule is CC1=C(C)[C@]2(C)NC(=O)[C@@]3(C)[C@]1(C)[C@@]32C. The van der Waals surface area contributed by atoms with Gasteiger partial charge in [-0.05, 0) is 33.3 Å². The predicted octanol–water partition coefficient (Wildman–Crippen LogP) is 2.26. The van der Waals surface area contributed by atoms with Gasteiger partial charge in [0.25, 0.3) is 0 Å². The average molecular weight is 205 g/mol. The third-order valence-corrected chi connectivity index (χ3v) is 6.82. The second-order valence-corrected chi connectivity index (χ2v) is 6.20. The summed E-state index contributed by atoms with van der Waals surface area (Å²) < 4.78 is 0. The van der Waals surface area contributed by atoms with Crippen molar-refractivity contribution in [2.75, 3.05) is 0 Å². The Morgan fingerprint density at radius 1 is 0.933 bits per heavy atom. The van der Waals surface area contributed by atoms with Gasteiger partial charge >= 0.3 is 0 Å². The van der Waals surface area contributed by atoms with Crippen molar-refractivity contribution in [3.8, 4) is 0 Å². The van der Waals surface area contributed by atoms with Crippen LogP contribution in [-0.4, -0.2) is 11.4 Å². The molecule has 4 atom stereocenters. The van der Waals surface area contributed by atoms with Gasteiger partial charge < -0.3 is 5.32 Å². The van der Waals surface area contributed by atoms with Gasteiger partial charge in [-0.15, -0.1) is 0 Å². The summed E-state index contributed by atoms with van der Waals surface area (Å²) in [6.07, 6.45) is 0. The van der Waals surface area contributed by atoms with Crippen molar-refractivity contribution < 1.29 is 4.79 Å². The summed E-state index contributed by atoms with van der Waals surface area (Å²) in [7, 11) is 0. The fourth-order valence-electron chi connectivity index (χ4n) is 5.02. The molecule has 3 rings (SSSR count). The molecule has 0 unspecified atom stereocenters. The Labute approximate surface area is 91.1 Å². The summed E-state index contributed by atoms with van der Waals surface area (Å²) in [6, 6.07) is 0. The zero-order chi connectivity index (χ0) is 11.4. The Kier molecular flexibility index (Phi) is 1.12. The summed E-state index contributed by atoms with van der Waals surface area (Å²) in [6.45, 7) is 13.2. The molecule has 2 heteroatoms. The molecule has 0 bridgehead atoms. The largest absolute Gasteiger partial charge is 0.346 e. The van der Waals surface area contributed by atoms with E-state index in [0.29, 0.717) is 0 Å². The van der Waals surface area contributed by atoms with E-state index >= 15 is 0 Å². The lowest BCUT2D eigenvalue weighted by atomic mass is 9.79. The third kappa shape index (κ3) is 0.458. The smallest absolute Gasteiger partial charge is 0.228 e. The molecular weight excluding hydrogens is 186 g/mol. The van der Waals surface area contributed by atoms with Crippen LogP contribution in [0.1, 0.15) is 41.5 Å². The highest BCUT2D eigenvalue weighted by atomic mass is 16.2. The van der Waals surface area contributed by atoms with Crippen molar-refractivity contribution in [2.45, 2.75) is 47.1 Å². The molecule has 82 valence electrons. The fourth-order valence-corrected chi connectivity index (χ4v) is 5.02. The van der Waals surface area contributed by atoms with E-state index in [-0.39, 0.29) is 27.7 Å². The third-order valence-electron chi connectivity index (χ3n) is 6.82. The van der Waals surface area contributed by atoms with E-state index in [1.54, 1.807) is 0 Å². The number of allylic oxidation sites excluding steroid dienone is 1. The van der Waals surface area contributed by atoms with Crippen molar-refractivity contribution in [1.82, 2.24) is 5.32 Å². The first-order valence-corrected chi connectivity index (χ1v) is 5.70. The number of carbonyl (C=O) groups is 1. The normalized spacial score (nSPS) is 60.8. The topological polar surface area (TPSA) is 29.1 Å². The van der Waals surface area contributed by atoms with Gasteiger partial charge in [0, 0.05) is 10.8 Å². The molecule has 3 aliphatic rings. The number of hydrogen-bond donors (Lipinski definition) is 1. The Morgan fingerprint density at radius 2 is 1.47 bits per heavy atom. The van der Waals surface area contributed by atoms with E-state index < -0.39 is 0 Å². The molecule has 15 heavy (non-hydrogen) atoms. The monoisotopic (exact) mass is 205 g/mol. The van der Waals surface area contributed by atoms with Crippen LogP contribution in [0.4, 0.5) is 0 Å². The first-order valence-electron chi connectivity index (χ1n) is 5.70. The molecule has 0 aromatic carbocycles. The van der Waals surface area contributed by atoms with Gasteiger partial charge in [0.05, 0.1) is 11.0 Å². The minimum Gasteiger partial charge on any atom is -0.346 e. The summed E-state index contributed by atoms with van der Waals surface area (Å²) in [4.78, 5) is 12.2. The number of rotatable bonds is 0. The number of piperidine rings is 1. The molecule has 2 fully saturated rings. The lowest BCUT2D eigenvalue weighted by Gasteiger charge is -2.31. The van der Waals surface area contributed by atoms with Crippen LogP contribution in [0.2, 0.25) is 0 Å². The molecule has 1 aliphatic heterocycles. The van der Waals surface area contributed by atoms with Crippen LogP contribution < -0.4 is 5.32 Å². The maximum absolute atomic E-state index is 12.2. The van der Waals surface area contributed by atoms with Crippen LogP contribution in [0.15, 0.2) is 11.1 Å². The molecule has 1 N–H and O–H groups in total. The van der Waals surface area contributed by atoms with Crippen LogP contribution in [0, 0.1) is 16.2 Å². The summed E-state index contributed by atoms with van der Waals surface area (Å²) in [5, 5.41) is 3.21. The standard InChI is InChI=1S/C13H19NO/c1-7-8(2)12(5)13(6)10(7,3)11(13,4)9(15)14-12/h1-6H3,(H,14,15)/t10-,11+,12+,13+/m1/s1. The van der Waals surface area contributed by atoms with Crippen LogP contribution >= 0.6 is 0 Å². The Hall–Kier alpha value is -0.790. The molecule has 2 aliphatic carbocycles. The highest BCUT2D eigenvalue weighted by molar-refractivity contribution is 5.97. The maximum atomic E-state index is 12.2. The first kappa shape index (κ1) is 9.44. The highest BCUT2D eigenvalue weighted by Crippen LogP contribution is 2.91. The minimum absolute atomic E-state index is 0.0816. The lowest BCUT2D eigenvalue weighted by Crippen LogP contribution is -2.47. The van der Waals surface area contributed by atoms with Gasteiger partial charge in [-0.3, -0.25) is 4.79 Å². The maximum Gasteiger partial charge on any atom is 0.228 e. The zero-order valence-corrected chi connectivity index (χ0v) is 10.4. The second kappa shape index (κ2) is 1.79. The summed E-state index contributed by atoms with van der Waals surface area (Å²) >= 11 is 0. The van der Waals surface area contributed by atoms with Crippen LogP contribution in [0.3, 0.4) is 0 Å². The first-order chi connectivity index (χ1) is 6.69. The Balaban J connectivity index is 2.38. The molecule has 1 amide bonds. The number of amides is 1. The number of nitrogens with one attached hydrogen (secondary N) is 1. The summed E-state index contributed by atoms with van der Waals surface area (Å²) in [5.74, 6) is 0.242. The van der Waals surface area contributed by atoms with Crippen molar-refractivity contribution in [1.29, 1.82) is 0 Å². The van der Waals surface area contributed by atoms with Gasteiger partial charge in [-0.2, -0.15) is 0 Å². The zero-order valence-electron chi connectivity index (χ0n) is 10.4. The average Bonchev–Trinajstić information content (AvgIpc) is 2.48. The van der Waals surface area contributed by atoms with E-state index in [0.717, 1.165) is 0 Å². The number of fused-ring (bicyclic) bond motifs is 1. The van der Waals surface area contributed by atoms with Crippen molar-refractivity contribution >= 4 is 5.91 Å². The Morgan fingerprint density at radius 3 is 1.87 bits per heavy atom. The van der Waals surface area contributed by atoms with E-state index in [1.807, 2.05) is 0 Å². The van der Waals surface area contributed by atoms with Crippen LogP contribution in [0.25, 0.3) is 0 Å². The van der Waals surface area contributed by atoms with Gasteiger partial charge in [-0.1, -0.05) is 19.4 Å². The quantitative estimate of drug-likeness (QED) is 0.604. The van der Waals surface area contributed by atoms with Crippen molar-refractivity contribution in [3.05, 3.63) is 11.1 Å². The molecule has 0 spiro atoms.